The van der Waals surface area contributed by atoms with Gasteiger partial charge in [-0.1, -0.05) is 6.07 Å². The zero-order valence-electron chi connectivity index (χ0n) is 10.6. The molecule has 2 N–H and O–H groups in total. The molecule has 1 atom stereocenters. The van der Waals surface area contributed by atoms with Gasteiger partial charge in [-0.3, -0.25) is 0 Å². The lowest BCUT2D eigenvalue weighted by Crippen LogP contribution is -2.00. The highest BCUT2D eigenvalue weighted by Gasteiger charge is 2.04. The second kappa shape index (κ2) is 7.30. The number of rotatable bonds is 7. The number of aryl methyl sites for hydroxylation is 1. The molecule has 0 fully saturated rings. The third kappa shape index (κ3) is 4.75. The zero-order valence-corrected chi connectivity index (χ0v) is 10.6. The van der Waals surface area contributed by atoms with Crippen LogP contribution < -0.4 is 4.74 Å². The molecule has 3 nitrogen and oxygen atoms in total. The summed E-state index contributed by atoms with van der Waals surface area (Å²) in [6.07, 6.45) is 2.34. The van der Waals surface area contributed by atoms with Crippen LogP contribution in [0.5, 0.6) is 5.75 Å². The monoisotopic (exact) mass is 238 g/mol. The average Bonchev–Trinajstić information content (AvgIpc) is 2.30. The highest BCUT2D eigenvalue weighted by molar-refractivity contribution is 5.36. The zero-order chi connectivity index (χ0) is 12.7. The molecular weight excluding hydrogens is 216 g/mol. The van der Waals surface area contributed by atoms with Crippen LogP contribution in [0.3, 0.4) is 0 Å². The minimum absolute atomic E-state index is 0.252. The van der Waals surface area contributed by atoms with E-state index in [-0.39, 0.29) is 6.61 Å². The van der Waals surface area contributed by atoms with Crippen molar-refractivity contribution in [3.05, 3.63) is 29.3 Å². The van der Waals surface area contributed by atoms with Gasteiger partial charge < -0.3 is 14.9 Å². The van der Waals surface area contributed by atoms with Crippen LogP contribution in [0.2, 0.25) is 0 Å². The molecule has 96 valence electrons. The smallest absolute Gasteiger partial charge is 0.122 e. The lowest BCUT2D eigenvalue weighted by molar-refractivity contribution is 0.199. The van der Waals surface area contributed by atoms with Crippen LogP contribution in [0, 0.1) is 6.92 Å². The maximum Gasteiger partial charge on any atom is 0.122 e. The number of aliphatic hydroxyl groups excluding tert-OH is 2. The number of ether oxygens (including phenoxy) is 1. The molecular formula is C14H22O3. The van der Waals surface area contributed by atoms with Crippen molar-refractivity contribution in [2.75, 3.05) is 13.2 Å². The van der Waals surface area contributed by atoms with Gasteiger partial charge in [-0.25, -0.2) is 0 Å². The number of benzene rings is 1. The molecule has 17 heavy (non-hydrogen) atoms. The van der Waals surface area contributed by atoms with E-state index in [1.54, 1.807) is 6.92 Å². The maximum atomic E-state index is 9.45. The minimum atomic E-state index is -0.438. The van der Waals surface area contributed by atoms with E-state index in [1.165, 1.54) is 0 Å². The highest BCUT2D eigenvalue weighted by Crippen LogP contribution is 2.22. The molecule has 0 spiro atoms. The van der Waals surface area contributed by atoms with Crippen LogP contribution >= 0.6 is 0 Å². The van der Waals surface area contributed by atoms with E-state index >= 15 is 0 Å². The Morgan fingerprint density at radius 1 is 1.24 bits per heavy atom. The minimum Gasteiger partial charge on any atom is -0.493 e. The van der Waals surface area contributed by atoms with Gasteiger partial charge in [0.1, 0.15) is 5.75 Å². The first-order valence-electron chi connectivity index (χ1n) is 6.17. The first-order valence-corrected chi connectivity index (χ1v) is 6.17. The summed E-state index contributed by atoms with van der Waals surface area (Å²) in [6, 6.07) is 5.75. The molecule has 0 amide bonds. The maximum absolute atomic E-state index is 9.45. The van der Waals surface area contributed by atoms with Crippen LogP contribution in [0.1, 0.15) is 43.4 Å². The van der Waals surface area contributed by atoms with Crippen molar-refractivity contribution < 1.29 is 14.9 Å². The van der Waals surface area contributed by atoms with Gasteiger partial charge in [0.15, 0.2) is 0 Å². The molecule has 1 unspecified atom stereocenters. The molecule has 3 heteroatoms. The van der Waals surface area contributed by atoms with E-state index in [4.69, 9.17) is 9.84 Å². The van der Waals surface area contributed by atoms with E-state index in [1.807, 2.05) is 25.1 Å². The van der Waals surface area contributed by atoms with Gasteiger partial charge in [0.25, 0.3) is 0 Å². The van der Waals surface area contributed by atoms with Gasteiger partial charge >= 0.3 is 0 Å². The van der Waals surface area contributed by atoms with E-state index in [0.29, 0.717) is 6.61 Å². The van der Waals surface area contributed by atoms with Crippen molar-refractivity contribution in [3.8, 4) is 5.75 Å². The van der Waals surface area contributed by atoms with Crippen LogP contribution in [-0.2, 0) is 0 Å². The Hall–Kier alpha value is -1.06. The summed E-state index contributed by atoms with van der Waals surface area (Å²) in [5.41, 5.74) is 1.96. The summed E-state index contributed by atoms with van der Waals surface area (Å²) in [5, 5.41) is 18.1. The molecule has 0 saturated carbocycles. The topological polar surface area (TPSA) is 49.7 Å². The summed E-state index contributed by atoms with van der Waals surface area (Å²) < 4.78 is 5.65. The molecule has 0 radical (unpaired) electrons. The third-order valence-electron chi connectivity index (χ3n) is 2.74. The molecule has 0 saturated heterocycles. The van der Waals surface area contributed by atoms with Gasteiger partial charge in [-0.05, 0) is 56.4 Å². The number of unbranched alkanes of at least 4 members (excludes halogenated alkanes) is 2. The first kappa shape index (κ1) is 14.0. The highest BCUT2D eigenvalue weighted by atomic mass is 16.5. The third-order valence-corrected chi connectivity index (χ3v) is 2.74. The quantitative estimate of drug-likeness (QED) is 0.718. The van der Waals surface area contributed by atoms with Gasteiger partial charge in [0, 0.05) is 6.61 Å². The fourth-order valence-electron chi connectivity index (χ4n) is 1.67. The standard InChI is InChI=1S/C14H22O3/c1-11-10-13(12(2)16)6-7-14(11)17-9-5-3-4-8-15/h6-7,10,12,15-16H,3-5,8-9H2,1-2H3. The second-order valence-corrected chi connectivity index (χ2v) is 4.33. The lowest BCUT2D eigenvalue weighted by atomic mass is 10.1. The Morgan fingerprint density at radius 3 is 2.59 bits per heavy atom. The van der Waals surface area contributed by atoms with Crippen LogP contribution in [-0.4, -0.2) is 23.4 Å². The van der Waals surface area contributed by atoms with Crippen molar-refractivity contribution in [1.29, 1.82) is 0 Å². The molecule has 0 heterocycles. The second-order valence-electron chi connectivity index (χ2n) is 4.33. The fraction of sp³-hybridized carbons (Fsp3) is 0.571. The van der Waals surface area contributed by atoms with Crippen LogP contribution in [0.15, 0.2) is 18.2 Å². The van der Waals surface area contributed by atoms with Crippen LogP contribution in [0.4, 0.5) is 0 Å². The van der Waals surface area contributed by atoms with Gasteiger partial charge in [-0.2, -0.15) is 0 Å². The van der Waals surface area contributed by atoms with Gasteiger partial charge in [-0.15, -0.1) is 0 Å². The molecule has 0 bridgehead atoms. The summed E-state index contributed by atoms with van der Waals surface area (Å²) in [7, 11) is 0. The molecule has 0 aromatic heterocycles. The van der Waals surface area contributed by atoms with Crippen molar-refractivity contribution in [2.24, 2.45) is 0 Å². The Labute approximate surface area is 103 Å². The number of hydrogen-bond donors (Lipinski definition) is 2. The lowest BCUT2D eigenvalue weighted by Gasteiger charge is -2.11. The van der Waals surface area contributed by atoms with Crippen molar-refractivity contribution in [2.45, 2.75) is 39.2 Å². The number of hydrogen-bond acceptors (Lipinski definition) is 3. The van der Waals surface area contributed by atoms with Crippen LogP contribution in [0.25, 0.3) is 0 Å². The molecule has 0 aliphatic heterocycles. The summed E-state index contributed by atoms with van der Waals surface area (Å²) in [5.74, 6) is 0.874. The Kier molecular flexibility index (Phi) is 6.01. The molecule has 0 aliphatic rings. The van der Waals surface area contributed by atoms with E-state index in [0.717, 1.165) is 36.1 Å². The van der Waals surface area contributed by atoms with Crippen molar-refractivity contribution in [3.63, 3.8) is 0 Å². The summed E-state index contributed by atoms with van der Waals surface area (Å²) in [4.78, 5) is 0. The molecule has 0 aliphatic carbocycles. The normalized spacial score (nSPS) is 12.5. The Morgan fingerprint density at radius 2 is 2.00 bits per heavy atom. The van der Waals surface area contributed by atoms with E-state index in [9.17, 15) is 5.11 Å². The van der Waals surface area contributed by atoms with Crippen molar-refractivity contribution >= 4 is 0 Å². The molecule has 1 aromatic rings. The Balaban J connectivity index is 2.43. The summed E-state index contributed by atoms with van der Waals surface area (Å²) >= 11 is 0. The average molecular weight is 238 g/mol. The van der Waals surface area contributed by atoms with Crippen molar-refractivity contribution in [1.82, 2.24) is 0 Å². The van der Waals surface area contributed by atoms with E-state index < -0.39 is 6.10 Å². The Bertz CT molecular complexity index is 334. The predicted molar refractivity (Wildman–Crippen MR) is 68.2 cm³/mol. The first-order chi connectivity index (χ1) is 8.15. The SMILES string of the molecule is Cc1cc(C(C)O)ccc1OCCCCCO. The largest absolute Gasteiger partial charge is 0.493 e. The summed E-state index contributed by atoms with van der Waals surface area (Å²) in [6.45, 7) is 4.66. The molecule has 1 aromatic carbocycles. The number of aliphatic hydroxyl groups is 2. The molecule has 1 rings (SSSR count). The fourth-order valence-corrected chi connectivity index (χ4v) is 1.67. The van der Waals surface area contributed by atoms with E-state index in [2.05, 4.69) is 0 Å². The van der Waals surface area contributed by atoms with Gasteiger partial charge in [0.05, 0.1) is 12.7 Å². The predicted octanol–water partition coefficient (Wildman–Crippen LogP) is 2.59. The van der Waals surface area contributed by atoms with Gasteiger partial charge in [0.2, 0.25) is 0 Å².